The molecule has 4 aromatic rings. The Bertz CT molecular complexity index is 1510. The number of phenolic OH excluding ortho intramolecular Hbond substituents is 1. The number of aromatic hydroxyl groups is 1. The summed E-state index contributed by atoms with van der Waals surface area (Å²) in [5, 5.41) is 21.4. The van der Waals surface area contributed by atoms with E-state index in [-0.39, 0.29) is 23.6 Å². The molecule has 0 radical (unpaired) electrons. The highest BCUT2D eigenvalue weighted by Crippen LogP contribution is 2.40. The summed E-state index contributed by atoms with van der Waals surface area (Å²) in [5.74, 6) is -1.11. The summed E-state index contributed by atoms with van der Waals surface area (Å²) in [6, 6.07) is 20.4. The van der Waals surface area contributed by atoms with E-state index in [1.807, 2.05) is 35.9 Å². The van der Waals surface area contributed by atoms with Crippen LogP contribution in [0.5, 0.6) is 11.5 Å². The molecule has 39 heavy (non-hydrogen) atoms. The van der Waals surface area contributed by atoms with Crippen molar-refractivity contribution in [2.24, 2.45) is 0 Å². The predicted octanol–water partition coefficient (Wildman–Crippen LogP) is 4.99. The van der Waals surface area contributed by atoms with Gasteiger partial charge in [0.2, 0.25) is 0 Å². The molecule has 8 heteroatoms. The Labute approximate surface area is 226 Å². The van der Waals surface area contributed by atoms with Crippen molar-refractivity contribution in [3.63, 3.8) is 0 Å². The topological polar surface area (TPSA) is 105 Å². The largest absolute Gasteiger partial charge is 0.508 e. The molecule has 1 atom stereocenters. The van der Waals surface area contributed by atoms with Crippen molar-refractivity contribution >= 4 is 17.4 Å². The molecule has 2 N–H and O–H groups in total. The van der Waals surface area contributed by atoms with Crippen molar-refractivity contribution in [2.75, 3.05) is 6.54 Å². The van der Waals surface area contributed by atoms with Gasteiger partial charge in [0, 0.05) is 31.0 Å². The zero-order valence-electron chi connectivity index (χ0n) is 21.5. The van der Waals surface area contributed by atoms with Crippen LogP contribution in [0.2, 0.25) is 0 Å². The summed E-state index contributed by atoms with van der Waals surface area (Å²) in [6.45, 7) is 3.31. The molecule has 0 spiro atoms. The number of likely N-dealkylation sites (tertiary alicyclic amines) is 1. The molecule has 1 unspecified atom stereocenters. The van der Waals surface area contributed by atoms with Gasteiger partial charge in [-0.25, -0.2) is 4.98 Å². The Balaban J connectivity index is 1.41. The maximum Gasteiger partial charge on any atom is 0.295 e. The molecule has 5 rings (SSSR count). The Hall–Kier alpha value is -4.85. The van der Waals surface area contributed by atoms with Crippen molar-refractivity contribution in [1.29, 1.82) is 0 Å². The second-order valence-corrected chi connectivity index (χ2v) is 9.54. The first-order valence-electron chi connectivity index (χ1n) is 12.7. The number of hydrogen-bond donors (Lipinski definition) is 2. The smallest absolute Gasteiger partial charge is 0.295 e. The second-order valence-electron chi connectivity index (χ2n) is 9.54. The quantitative estimate of drug-likeness (QED) is 0.182. The number of imidazole rings is 1. The van der Waals surface area contributed by atoms with Gasteiger partial charge in [0.15, 0.2) is 0 Å². The first kappa shape index (κ1) is 25.8. The van der Waals surface area contributed by atoms with Crippen LogP contribution in [-0.4, -0.2) is 42.9 Å². The lowest BCUT2D eigenvalue weighted by Crippen LogP contribution is -2.31. The molecule has 0 bridgehead atoms. The number of ether oxygens (including phenoxy) is 1. The Kier molecular flexibility index (Phi) is 7.45. The molecule has 198 valence electrons. The minimum absolute atomic E-state index is 0.00612. The van der Waals surface area contributed by atoms with Gasteiger partial charge in [-0.3, -0.25) is 9.59 Å². The minimum Gasteiger partial charge on any atom is -0.508 e. The summed E-state index contributed by atoms with van der Waals surface area (Å²) in [6.07, 6.45) is 5.77. The van der Waals surface area contributed by atoms with Crippen molar-refractivity contribution in [3.8, 4) is 11.5 Å². The third kappa shape index (κ3) is 5.70. The van der Waals surface area contributed by atoms with Crippen LogP contribution in [0.1, 0.15) is 34.7 Å². The highest BCUT2D eigenvalue weighted by Gasteiger charge is 2.45. The SMILES string of the molecule is Cc1cccc(COc2ccc(C(O)=C3C(=O)C(=O)N(CCCn4ccnc4)C3c3cccc(O)c3)cc2)c1. The fraction of sp³-hybridized carbons (Fsp3) is 0.194. The van der Waals surface area contributed by atoms with Gasteiger partial charge in [0.25, 0.3) is 11.7 Å². The minimum atomic E-state index is -0.836. The maximum absolute atomic E-state index is 13.2. The van der Waals surface area contributed by atoms with Crippen LogP contribution >= 0.6 is 0 Å². The number of aliphatic hydroxyl groups excluding tert-OH is 1. The molecule has 1 aliphatic heterocycles. The van der Waals surface area contributed by atoms with E-state index in [0.29, 0.717) is 36.4 Å². The molecular weight excluding hydrogens is 494 g/mol. The lowest BCUT2D eigenvalue weighted by Gasteiger charge is -2.25. The standard InChI is InChI=1S/C31H29N3O5/c1-21-5-2-6-22(17-21)19-39-26-11-9-23(10-12-26)29(36)27-28(24-7-3-8-25(35)18-24)34(31(38)30(27)37)15-4-14-33-16-13-32-20-33/h2-3,5-13,16-18,20,28,35-36H,4,14-15,19H2,1H3. The van der Waals surface area contributed by atoms with Crippen LogP contribution in [0.4, 0.5) is 0 Å². The summed E-state index contributed by atoms with van der Waals surface area (Å²) < 4.78 is 7.77. The molecule has 1 amide bonds. The highest BCUT2D eigenvalue weighted by atomic mass is 16.5. The lowest BCUT2D eigenvalue weighted by molar-refractivity contribution is -0.139. The van der Waals surface area contributed by atoms with E-state index < -0.39 is 17.7 Å². The van der Waals surface area contributed by atoms with Gasteiger partial charge in [0.05, 0.1) is 17.9 Å². The number of carbonyl (C=O) groups is 2. The monoisotopic (exact) mass is 523 g/mol. The average Bonchev–Trinajstić information content (AvgIpc) is 3.54. The first-order valence-corrected chi connectivity index (χ1v) is 12.7. The normalized spacial score (nSPS) is 16.5. The number of phenols is 1. The highest BCUT2D eigenvalue weighted by molar-refractivity contribution is 6.46. The van der Waals surface area contributed by atoms with Crippen molar-refractivity contribution in [3.05, 3.63) is 119 Å². The van der Waals surface area contributed by atoms with E-state index in [2.05, 4.69) is 11.1 Å². The zero-order chi connectivity index (χ0) is 27.4. The van der Waals surface area contributed by atoms with Gasteiger partial charge in [-0.15, -0.1) is 0 Å². The number of nitrogens with zero attached hydrogens (tertiary/aromatic N) is 3. The number of rotatable bonds is 9. The number of benzene rings is 3. The summed E-state index contributed by atoms with van der Waals surface area (Å²) in [7, 11) is 0. The van der Waals surface area contributed by atoms with Crippen LogP contribution < -0.4 is 4.74 Å². The Morgan fingerprint density at radius 2 is 1.79 bits per heavy atom. The number of aryl methyl sites for hydroxylation is 2. The lowest BCUT2D eigenvalue weighted by atomic mass is 9.95. The number of hydrogen-bond acceptors (Lipinski definition) is 6. The van der Waals surface area contributed by atoms with Crippen molar-refractivity contribution in [2.45, 2.75) is 32.5 Å². The molecule has 3 aromatic carbocycles. The van der Waals surface area contributed by atoms with Gasteiger partial charge in [-0.05, 0) is 60.9 Å². The Morgan fingerprint density at radius 3 is 2.51 bits per heavy atom. The van der Waals surface area contributed by atoms with E-state index in [4.69, 9.17) is 4.74 Å². The summed E-state index contributed by atoms with van der Waals surface area (Å²) in [5.41, 5.74) is 3.11. The van der Waals surface area contributed by atoms with Gasteiger partial charge >= 0.3 is 0 Å². The van der Waals surface area contributed by atoms with E-state index in [9.17, 15) is 19.8 Å². The molecule has 0 aliphatic carbocycles. The van der Waals surface area contributed by atoms with Crippen LogP contribution in [0.15, 0.2) is 97.1 Å². The van der Waals surface area contributed by atoms with Crippen molar-refractivity contribution in [1.82, 2.24) is 14.5 Å². The summed E-state index contributed by atoms with van der Waals surface area (Å²) >= 11 is 0. The molecule has 1 saturated heterocycles. The van der Waals surface area contributed by atoms with E-state index in [1.165, 1.54) is 17.0 Å². The molecule has 1 aromatic heterocycles. The van der Waals surface area contributed by atoms with Crippen LogP contribution in [-0.2, 0) is 22.7 Å². The number of ketones is 1. The number of Topliss-reactive ketones (excluding diaryl/α,β-unsaturated/α-hetero) is 1. The predicted molar refractivity (Wildman–Crippen MR) is 146 cm³/mol. The number of aliphatic hydroxyl groups is 1. The third-order valence-corrected chi connectivity index (χ3v) is 6.72. The Morgan fingerprint density at radius 1 is 1.00 bits per heavy atom. The van der Waals surface area contributed by atoms with Gasteiger partial charge in [-0.1, -0.05) is 42.0 Å². The molecule has 8 nitrogen and oxygen atoms in total. The number of aromatic nitrogens is 2. The second kappa shape index (κ2) is 11.3. The fourth-order valence-electron chi connectivity index (χ4n) is 4.83. The van der Waals surface area contributed by atoms with Gasteiger partial charge in [-0.2, -0.15) is 0 Å². The zero-order valence-corrected chi connectivity index (χ0v) is 21.5. The number of carbonyl (C=O) groups excluding carboxylic acids is 2. The maximum atomic E-state index is 13.2. The molecule has 1 aliphatic rings. The third-order valence-electron chi connectivity index (χ3n) is 6.72. The fourth-order valence-corrected chi connectivity index (χ4v) is 4.83. The first-order chi connectivity index (χ1) is 18.9. The molecule has 0 saturated carbocycles. The molecular formula is C31H29N3O5. The van der Waals surface area contributed by atoms with Crippen LogP contribution in [0, 0.1) is 6.92 Å². The van der Waals surface area contributed by atoms with Gasteiger partial charge in [0.1, 0.15) is 23.9 Å². The molecule has 2 heterocycles. The number of amides is 1. The van der Waals surface area contributed by atoms with E-state index >= 15 is 0 Å². The van der Waals surface area contributed by atoms with E-state index in [1.54, 1.807) is 48.9 Å². The van der Waals surface area contributed by atoms with Crippen LogP contribution in [0.25, 0.3) is 5.76 Å². The molecule has 1 fully saturated rings. The van der Waals surface area contributed by atoms with Crippen LogP contribution in [0.3, 0.4) is 0 Å². The summed E-state index contributed by atoms with van der Waals surface area (Å²) in [4.78, 5) is 31.9. The van der Waals surface area contributed by atoms with Crippen molar-refractivity contribution < 1.29 is 24.5 Å². The van der Waals surface area contributed by atoms with E-state index in [0.717, 1.165) is 11.1 Å². The van der Waals surface area contributed by atoms with Gasteiger partial charge < -0.3 is 24.4 Å². The average molecular weight is 524 g/mol.